The van der Waals surface area contributed by atoms with Gasteiger partial charge in [-0.3, -0.25) is 0 Å². The Morgan fingerprint density at radius 3 is 1.88 bits per heavy atom. The van der Waals surface area contributed by atoms with E-state index in [9.17, 15) is 5.11 Å². The van der Waals surface area contributed by atoms with Gasteiger partial charge in [-0.05, 0) is 40.9 Å². The van der Waals surface area contributed by atoms with Gasteiger partial charge in [-0.15, -0.1) is 0 Å². The molecule has 1 heteroatoms. The minimum atomic E-state index is 0.206. The molecule has 17 heavy (non-hydrogen) atoms. The molecule has 0 heterocycles. The quantitative estimate of drug-likeness (QED) is 0.794. The Bertz CT molecular complexity index is 377. The summed E-state index contributed by atoms with van der Waals surface area (Å²) in [6.45, 7) is 13.3. The lowest BCUT2D eigenvalue weighted by Crippen LogP contribution is -2.12. The van der Waals surface area contributed by atoms with E-state index in [0.29, 0.717) is 5.75 Å². The third kappa shape index (κ3) is 5.25. The second-order valence-electron chi connectivity index (χ2n) is 7.44. The summed E-state index contributed by atoms with van der Waals surface area (Å²) in [6.07, 6.45) is 1.96. The molecule has 0 spiro atoms. The zero-order valence-corrected chi connectivity index (χ0v) is 12.1. The van der Waals surface area contributed by atoms with Gasteiger partial charge in [-0.1, -0.05) is 53.7 Å². The van der Waals surface area contributed by atoms with Crippen LogP contribution >= 0.6 is 0 Å². The van der Waals surface area contributed by atoms with E-state index >= 15 is 0 Å². The molecule has 0 aromatic heterocycles. The molecule has 0 bridgehead atoms. The molecule has 0 atom stereocenters. The summed E-state index contributed by atoms with van der Waals surface area (Å²) in [4.78, 5) is 0. The largest absolute Gasteiger partial charge is 0.508 e. The van der Waals surface area contributed by atoms with Gasteiger partial charge in [-0.25, -0.2) is 0 Å². The van der Waals surface area contributed by atoms with Gasteiger partial charge in [0.25, 0.3) is 0 Å². The van der Waals surface area contributed by atoms with Crippen LogP contribution in [0, 0.1) is 10.8 Å². The van der Waals surface area contributed by atoms with Gasteiger partial charge in [0.05, 0.1) is 0 Å². The Labute approximate surface area is 106 Å². The highest BCUT2D eigenvalue weighted by atomic mass is 16.3. The molecule has 0 unspecified atom stereocenters. The Balaban J connectivity index is 2.95. The summed E-state index contributed by atoms with van der Waals surface area (Å²) >= 11 is 0. The van der Waals surface area contributed by atoms with Crippen molar-refractivity contribution in [1.29, 1.82) is 0 Å². The number of hydrogen-bond acceptors (Lipinski definition) is 1. The predicted molar refractivity (Wildman–Crippen MR) is 74.4 cm³/mol. The standard InChI is InChI=1S/C16H26O/c1-15(2,3)10-12-7-8-14(17)13(9-12)11-16(4,5)6/h7-9,17H,10-11H2,1-6H3. The smallest absolute Gasteiger partial charge is 0.118 e. The van der Waals surface area contributed by atoms with Gasteiger partial charge in [0.2, 0.25) is 0 Å². The van der Waals surface area contributed by atoms with Crippen LogP contribution in [-0.2, 0) is 12.8 Å². The van der Waals surface area contributed by atoms with Crippen molar-refractivity contribution in [2.45, 2.75) is 54.4 Å². The average molecular weight is 234 g/mol. The molecule has 0 radical (unpaired) electrons. The molecule has 1 nitrogen and oxygen atoms in total. The number of phenols is 1. The molecule has 0 fully saturated rings. The second kappa shape index (κ2) is 4.72. The lowest BCUT2D eigenvalue weighted by atomic mass is 9.84. The number of benzene rings is 1. The molecule has 0 aliphatic carbocycles. The van der Waals surface area contributed by atoms with Crippen molar-refractivity contribution in [2.75, 3.05) is 0 Å². The summed E-state index contributed by atoms with van der Waals surface area (Å²) < 4.78 is 0. The maximum absolute atomic E-state index is 9.90. The number of aromatic hydroxyl groups is 1. The van der Waals surface area contributed by atoms with E-state index in [-0.39, 0.29) is 10.8 Å². The zero-order chi connectivity index (χ0) is 13.3. The Kier molecular flexibility index (Phi) is 3.91. The zero-order valence-electron chi connectivity index (χ0n) is 12.1. The molecule has 1 N–H and O–H groups in total. The molecule has 0 saturated heterocycles. The fourth-order valence-corrected chi connectivity index (χ4v) is 2.07. The molecule has 0 aliphatic heterocycles. The number of phenolic OH excluding ortho intramolecular Hbond substituents is 1. The maximum atomic E-state index is 9.90. The predicted octanol–water partition coefficient (Wildman–Crippen LogP) is 4.57. The third-order valence-electron chi connectivity index (χ3n) is 2.60. The normalized spacial score (nSPS) is 12.8. The van der Waals surface area contributed by atoms with Crippen molar-refractivity contribution in [3.8, 4) is 5.75 Å². The molecular formula is C16H26O. The molecule has 1 aromatic rings. The fourth-order valence-electron chi connectivity index (χ4n) is 2.07. The van der Waals surface area contributed by atoms with Gasteiger partial charge < -0.3 is 5.11 Å². The molecular weight excluding hydrogens is 208 g/mol. The summed E-state index contributed by atoms with van der Waals surface area (Å²) in [6, 6.07) is 6.03. The molecule has 1 aromatic carbocycles. The van der Waals surface area contributed by atoms with Crippen LogP contribution in [0.15, 0.2) is 18.2 Å². The van der Waals surface area contributed by atoms with Gasteiger partial charge in [-0.2, -0.15) is 0 Å². The summed E-state index contributed by atoms with van der Waals surface area (Å²) in [5, 5.41) is 9.90. The van der Waals surface area contributed by atoms with Crippen molar-refractivity contribution in [1.82, 2.24) is 0 Å². The van der Waals surface area contributed by atoms with Crippen LogP contribution in [0.4, 0.5) is 0 Å². The first-order valence-corrected chi connectivity index (χ1v) is 6.38. The molecule has 96 valence electrons. The van der Waals surface area contributed by atoms with E-state index in [4.69, 9.17) is 0 Å². The van der Waals surface area contributed by atoms with Crippen LogP contribution in [0.2, 0.25) is 0 Å². The van der Waals surface area contributed by atoms with E-state index in [1.807, 2.05) is 12.1 Å². The van der Waals surface area contributed by atoms with Gasteiger partial charge in [0.15, 0.2) is 0 Å². The Morgan fingerprint density at radius 1 is 0.882 bits per heavy atom. The second-order valence-corrected chi connectivity index (χ2v) is 7.44. The van der Waals surface area contributed by atoms with E-state index in [2.05, 4.69) is 47.6 Å². The van der Waals surface area contributed by atoms with Gasteiger partial charge in [0.1, 0.15) is 5.75 Å². The lowest BCUT2D eigenvalue weighted by molar-refractivity contribution is 0.391. The van der Waals surface area contributed by atoms with Crippen LogP contribution in [0.5, 0.6) is 5.75 Å². The van der Waals surface area contributed by atoms with Crippen molar-refractivity contribution < 1.29 is 5.11 Å². The molecule has 0 saturated carbocycles. The van der Waals surface area contributed by atoms with E-state index < -0.39 is 0 Å². The third-order valence-corrected chi connectivity index (χ3v) is 2.60. The number of hydrogen-bond donors (Lipinski definition) is 1. The van der Waals surface area contributed by atoms with Crippen LogP contribution in [0.1, 0.15) is 52.7 Å². The van der Waals surface area contributed by atoms with Crippen LogP contribution in [-0.4, -0.2) is 5.11 Å². The van der Waals surface area contributed by atoms with E-state index in [1.165, 1.54) is 5.56 Å². The van der Waals surface area contributed by atoms with Gasteiger partial charge >= 0.3 is 0 Å². The van der Waals surface area contributed by atoms with Crippen molar-refractivity contribution >= 4 is 0 Å². The fraction of sp³-hybridized carbons (Fsp3) is 0.625. The van der Waals surface area contributed by atoms with Crippen LogP contribution in [0.25, 0.3) is 0 Å². The highest BCUT2D eigenvalue weighted by Crippen LogP contribution is 2.29. The highest BCUT2D eigenvalue weighted by Gasteiger charge is 2.16. The van der Waals surface area contributed by atoms with E-state index in [0.717, 1.165) is 18.4 Å². The average Bonchev–Trinajstić information content (AvgIpc) is 2.05. The van der Waals surface area contributed by atoms with Crippen LogP contribution in [0.3, 0.4) is 0 Å². The minimum absolute atomic E-state index is 0.206. The summed E-state index contributed by atoms with van der Waals surface area (Å²) in [5.41, 5.74) is 2.88. The van der Waals surface area contributed by atoms with Crippen molar-refractivity contribution in [3.05, 3.63) is 29.3 Å². The first kappa shape index (κ1) is 14.1. The van der Waals surface area contributed by atoms with Crippen LogP contribution < -0.4 is 0 Å². The summed E-state index contributed by atoms with van der Waals surface area (Å²) in [5.74, 6) is 0.428. The molecule has 0 amide bonds. The summed E-state index contributed by atoms with van der Waals surface area (Å²) in [7, 11) is 0. The number of rotatable bonds is 2. The highest BCUT2D eigenvalue weighted by molar-refractivity contribution is 5.37. The molecule has 1 rings (SSSR count). The maximum Gasteiger partial charge on any atom is 0.118 e. The Hall–Kier alpha value is -0.980. The first-order chi connectivity index (χ1) is 7.57. The topological polar surface area (TPSA) is 20.2 Å². The van der Waals surface area contributed by atoms with Gasteiger partial charge in [0, 0.05) is 0 Å². The Morgan fingerprint density at radius 2 is 1.41 bits per heavy atom. The van der Waals surface area contributed by atoms with Crippen molar-refractivity contribution in [3.63, 3.8) is 0 Å². The first-order valence-electron chi connectivity index (χ1n) is 6.38. The SMILES string of the molecule is CC(C)(C)Cc1ccc(O)c(CC(C)(C)C)c1. The molecule has 0 aliphatic rings. The van der Waals surface area contributed by atoms with E-state index in [1.54, 1.807) is 0 Å². The lowest BCUT2D eigenvalue weighted by Gasteiger charge is -2.22. The minimum Gasteiger partial charge on any atom is -0.508 e. The van der Waals surface area contributed by atoms with Crippen molar-refractivity contribution in [2.24, 2.45) is 10.8 Å². The monoisotopic (exact) mass is 234 g/mol.